The van der Waals surface area contributed by atoms with Gasteiger partial charge in [0.15, 0.2) is 0 Å². The first kappa shape index (κ1) is 30.1. The van der Waals surface area contributed by atoms with Crippen molar-refractivity contribution in [1.82, 2.24) is 0 Å². The second-order valence-corrected chi connectivity index (χ2v) is 12.5. The van der Waals surface area contributed by atoms with Gasteiger partial charge in [0.1, 0.15) is 0 Å². The molecule has 42 heavy (non-hydrogen) atoms. The Labute approximate surface area is 268 Å². The summed E-state index contributed by atoms with van der Waals surface area (Å²) in [6.45, 7) is 4.50. The first-order valence-corrected chi connectivity index (χ1v) is 16.5. The molecule has 0 N–H and O–H groups in total. The van der Waals surface area contributed by atoms with Crippen LogP contribution in [0.25, 0.3) is 0 Å². The number of rotatable bonds is 12. The van der Waals surface area contributed by atoms with Crippen molar-refractivity contribution in [1.29, 1.82) is 0 Å². The fourth-order valence-corrected chi connectivity index (χ4v) is 5.74. The van der Waals surface area contributed by atoms with Crippen LogP contribution in [-0.4, -0.2) is 0 Å². The quantitative estimate of drug-likeness (QED) is 0.129. The van der Waals surface area contributed by atoms with Crippen LogP contribution in [0.1, 0.15) is 50.7 Å². The standard InChI is InChI=1S/C38H38Br2N2/c1-3-5-7-29-9-17-33(18-10-29)41(34-19-11-30(12-20-34)8-6-4-2)37-25-27-38(28-26-37)42(35-21-13-31(39)14-22-35)36-23-15-32(40)16-24-36/h9-28H,3-8H2,1-2H3. The van der Waals surface area contributed by atoms with E-state index in [0.717, 1.165) is 44.5 Å². The first-order chi connectivity index (χ1) is 20.6. The molecule has 2 nitrogen and oxygen atoms in total. The molecule has 0 saturated carbocycles. The highest BCUT2D eigenvalue weighted by molar-refractivity contribution is 9.10. The Morgan fingerprint density at radius 1 is 0.381 bits per heavy atom. The minimum absolute atomic E-state index is 1.06. The Hall–Kier alpha value is -3.34. The third-order valence-corrected chi connectivity index (χ3v) is 8.62. The Morgan fingerprint density at radius 3 is 0.881 bits per heavy atom. The molecule has 4 heteroatoms. The number of hydrogen-bond acceptors (Lipinski definition) is 2. The summed E-state index contributed by atoms with van der Waals surface area (Å²) >= 11 is 7.18. The van der Waals surface area contributed by atoms with Gasteiger partial charge in [-0.2, -0.15) is 0 Å². The van der Waals surface area contributed by atoms with Gasteiger partial charge in [0.25, 0.3) is 0 Å². The van der Waals surface area contributed by atoms with Crippen LogP contribution < -0.4 is 9.80 Å². The van der Waals surface area contributed by atoms with Crippen LogP contribution in [0.5, 0.6) is 0 Å². The van der Waals surface area contributed by atoms with Crippen LogP contribution >= 0.6 is 31.9 Å². The van der Waals surface area contributed by atoms with Crippen molar-refractivity contribution in [2.24, 2.45) is 0 Å². The summed E-state index contributed by atoms with van der Waals surface area (Å²) in [6.07, 6.45) is 7.11. The molecule has 0 aliphatic heterocycles. The average molecular weight is 683 g/mol. The fourth-order valence-electron chi connectivity index (χ4n) is 5.21. The molecule has 0 spiro atoms. The molecule has 0 saturated heterocycles. The lowest BCUT2D eigenvalue weighted by molar-refractivity contribution is 0.795. The predicted octanol–water partition coefficient (Wildman–Crippen LogP) is 12.8. The van der Waals surface area contributed by atoms with Gasteiger partial charge in [-0.3, -0.25) is 0 Å². The number of halogens is 2. The Morgan fingerprint density at radius 2 is 0.619 bits per heavy atom. The van der Waals surface area contributed by atoms with Crippen LogP contribution in [-0.2, 0) is 12.8 Å². The maximum atomic E-state index is 3.59. The van der Waals surface area contributed by atoms with E-state index in [1.807, 2.05) is 0 Å². The maximum Gasteiger partial charge on any atom is 0.0463 e. The van der Waals surface area contributed by atoms with E-state index in [1.165, 1.54) is 48.2 Å². The number of aryl methyl sites for hydroxylation is 2. The van der Waals surface area contributed by atoms with E-state index in [-0.39, 0.29) is 0 Å². The van der Waals surface area contributed by atoms with Crippen LogP contribution in [0.4, 0.5) is 34.1 Å². The minimum atomic E-state index is 1.06. The lowest BCUT2D eigenvalue weighted by Gasteiger charge is -2.28. The summed E-state index contributed by atoms with van der Waals surface area (Å²) in [5.74, 6) is 0. The van der Waals surface area contributed by atoms with E-state index in [2.05, 4.69) is 177 Å². The van der Waals surface area contributed by atoms with E-state index in [4.69, 9.17) is 0 Å². The average Bonchev–Trinajstić information content (AvgIpc) is 3.03. The topological polar surface area (TPSA) is 6.48 Å². The molecular weight excluding hydrogens is 644 g/mol. The van der Waals surface area contributed by atoms with Gasteiger partial charge >= 0.3 is 0 Å². The van der Waals surface area contributed by atoms with Crippen LogP contribution in [0.15, 0.2) is 130 Å². The zero-order valence-corrected chi connectivity index (χ0v) is 27.6. The molecule has 0 amide bonds. The molecule has 0 atom stereocenters. The third kappa shape index (κ3) is 7.53. The van der Waals surface area contributed by atoms with Gasteiger partial charge in [-0.05, 0) is 134 Å². The molecule has 5 aromatic carbocycles. The van der Waals surface area contributed by atoms with Crippen molar-refractivity contribution < 1.29 is 0 Å². The summed E-state index contributed by atoms with van der Waals surface area (Å²) < 4.78 is 2.13. The maximum absolute atomic E-state index is 3.59. The number of anilines is 6. The van der Waals surface area contributed by atoms with E-state index in [1.54, 1.807) is 0 Å². The summed E-state index contributed by atoms with van der Waals surface area (Å²) in [6, 6.07) is 44.0. The highest BCUT2D eigenvalue weighted by atomic mass is 79.9. The Kier molecular flexibility index (Phi) is 10.6. The summed E-state index contributed by atoms with van der Waals surface area (Å²) in [4.78, 5) is 4.65. The van der Waals surface area contributed by atoms with Crippen LogP contribution in [0, 0.1) is 0 Å². The number of benzene rings is 5. The predicted molar refractivity (Wildman–Crippen MR) is 188 cm³/mol. The lowest BCUT2D eigenvalue weighted by atomic mass is 10.1. The smallest absolute Gasteiger partial charge is 0.0463 e. The van der Waals surface area contributed by atoms with E-state index in [0.29, 0.717) is 0 Å². The zero-order valence-electron chi connectivity index (χ0n) is 24.4. The molecule has 0 radical (unpaired) electrons. The molecule has 0 fully saturated rings. The fraction of sp³-hybridized carbons (Fsp3) is 0.211. The monoisotopic (exact) mass is 680 g/mol. The molecule has 0 aliphatic rings. The number of unbranched alkanes of at least 4 members (excludes halogenated alkanes) is 2. The molecule has 5 rings (SSSR count). The van der Waals surface area contributed by atoms with E-state index >= 15 is 0 Å². The summed E-state index contributed by atoms with van der Waals surface area (Å²) in [7, 11) is 0. The number of hydrogen-bond donors (Lipinski definition) is 0. The van der Waals surface area contributed by atoms with E-state index in [9.17, 15) is 0 Å². The van der Waals surface area contributed by atoms with E-state index < -0.39 is 0 Å². The van der Waals surface area contributed by atoms with Crippen molar-refractivity contribution in [3.8, 4) is 0 Å². The molecule has 5 aromatic rings. The molecule has 0 unspecified atom stereocenters. The zero-order chi connectivity index (χ0) is 29.3. The van der Waals surface area contributed by atoms with Gasteiger partial charge in [-0.25, -0.2) is 0 Å². The molecule has 0 aromatic heterocycles. The van der Waals surface area contributed by atoms with Crippen molar-refractivity contribution in [3.63, 3.8) is 0 Å². The SMILES string of the molecule is CCCCc1ccc(N(c2ccc(CCCC)cc2)c2ccc(N(c3ccc(Br)cc3)c3ccc(Br)cc3)cc2)cc1. The van der Waals surface area contributed by atoms with Crippen molar-refractivity contribution in [2.75, 3.05) is 9.80 Å². The van der Waals surface area contributed by atoms with Gasteiger partial charge in [0.05, 0.1) is 0 Å². The van der Waals surface area contributed by atoms with Gasteiger partial charge in [0, 0.05) is 43.1 Å². The van der Waals surface area contributed by atoms with Crippen molar-refractivity contribution in [3.05, 3.63) is 141 Å². The van der Waals surface area contributed by atoms with Gasteiger partial charge in [-0.15, -0.1) is 0 Å². The summed E-state index contributed by atoms with van der Waals surface area (Å²) in [5.41, 5.74) is 9.58. The Bertz CT molecular complexity index is 1430. The van der Waals surface area contributed by atoms with Crippen molar-refractivity contribution in [2.45, 2.75) is 52.4 Å². The second-order valence-electron chi connectivity index (χ2n) is 10.7. The largest absolute Gasteiger partial charge is 0.311 e. The Balaban J connectivity index is 1.52. The van der Waals surface area contributed by atoms with Gasteiger partial charge in [0.2, 0.25) is 0 Å². The first-order valence-electron chi connectivity index (χ1n) is 14.9. The van der Waals surface area contributed by atoms with Crippen LogP contribution in [0.3, 0.4) is 0 Å². The van der Waals surface area contributed by atoms with Crippen molar-refractivity contribution >= 4 is 66.0 Å². The highest BCUT2D eigenvalue weighted by Gasteiger charge is 2.16. The highest BCUT2D eigenvalue weighted by Crippen LogP contribution is 2.39. The molecule has 0 bridgehead atoms. The van der Waals surface area contributed by atoms with Gasteiger partial charge in [-0.1, -0.05) is 82.8 Å². The van der Waals surface area contributed by atoms with Crippen LogP contribution in [0.2, 0.25) is 0 Å². The normalized spacial score (nSPS) is 11.0. The summed E-state index contributed by atoms with van der Waals surface area (Å²) in [5, 5.41) is 0. The minimum Gasteiger partial charge on any atom is -0.311 e. The molecular formula is C38H38Br2N2. The molecule has 0 heterocycles. The molecule has 214 valence electrons. The second kappa shape index (κ2) is 14.7. The third-order valence-electron chi connectivity index (χ3n) is 7.56. The lowest BCUT2D eigenvalue weighted by Crippen LogP contribution is -2.12. The number of nitrogens with zero attached hydrogens (tertiary/aromatic N) is 2. The molecule has 0 aliphatic carbocycles. The van der Waals surface area contributed by atoms with Gasteiger partial charge < -0.3 is 9.80 Å².